The fraction of sp³-hybridized carbons (Fsp3) is 0.714. The Balaban J connectivity index is 1.76. The lowest BCUT2D eigenvalue weighted by Crippen LogP contribution is -2.60. The number of rotatable bonds is 4. The van der Waals surface area contributed by atoms with Gasteiger partial charge in [-0.1, -0.05) is 11.8 Å². The van der Waals surface area contributed by atoms with Gasteiger partial charge in [0, 0.05) is 11.8 Å². The number of aliphatic hydroxyl groups is 1. The number of hydrogen-bond donors (Lipinski definition) is 4. The standard InChI is InChI=1S/C14H21N3O4S2/c1-6(18)9-11(19)17-10(13(20)21)14(23-12(9)17)22-8-3-4-15-7(2)16-5-8/h6-9,12,15-16,18H,3-5H2,1-2H3,(H,20,21)/t6?,7?,8?,9?,12-/m1/s1. The smallest absolute Gasteiger partial charge is 0.354 e. The number of fused-ring (bicyclic) bond motifs is 1. The van der Waals surface area contributed by atoms with Crippen molar-refractivity contribution in [2.75, 3.05) is 13.1 Å². The first-order chi connectivity index (χ1) is 10.9. The van der Waals surface area contributed by atoms with Gasteiger partial charge in [-0.05, 0) is 26.8 Å². The summed E-state index contributed by atoms with van der Waals surface area (Å²) in [4.78, 5) is 25.1. The van der Waals surface area contributed by atoms with E-state index in [4.69, 9.17) is 0 Å². The minimum absolute atomic E-state index is 0.0807. The Kier molecular flexibility index (Phi) is 4.93. The molecule has 2 saturated heterocycles. The molecule has 23 heavy (non-hydrogen) atoms. The first kappa shape index (κ1) is 17.1. The molecular weight excluding hydrogens is 338 g/mol. The van der Waals surface area contributed by atoms with Crippen LogP contribution in [0.4, 0.5) is 0 Å². The van der Waals surface area contributed by atoms with Crippen LogP contribution in [0.2, 0.25) is 0 Å². The molecule has 0 bridgehead atoms. The van der Waals surface area contributed by atoms with E-state index in [-0.39, 0.29) is 28.4 Å². The van der Waals surface area contributed by atoms with Crippen molar-refractivity contribution < 1.29 is 19.8 Å². The highest BCUT2D eigenvalue weighted by Crippen LogP contribution is 2.54. The number of aliphatic carboxylic acids is 1. The minimum Gasteiger partial charge on any atom is -0.477 e. The van der Waals surface area contributed by atoms with Gasteiger partial charge in [0.2, 0.25) is 5.91 Å². The summed E-state index contributed by atoms with van der Waals surface area (Å²) >= 11 is 2.92. The van der Waals surface area contributed by atoms with Crippen LogP contribution in [0.15, 0.2) is 9.93 Å². The van der Waals surface area contributed by atoms with Crippen molar-refractivity contribution in [3.8, 4) is 0 Å². The summed E-state index contributed by atoms with van der Waals surface area (Å²) in [7, 11) is 0. The number of carbonyl (C=O) groups excluding carboxylic acids is 1. The van der Waals surface area contributed by atoms with Crippen LogP contribution in [-0.2, 0) is 9.59 Å². The van der Waals surface area contributed by atoms with E-state index < -0.39 is 18.0 Å². The number of hydrogen-bond acceptors (Lipinski definition) is 7. The van der Waals surface area contributed by atoms with E-state index in [2.05, 4.69) is 17.6 Å². The molecular formula is C14H21N3O4S2. The fourth-order valence-electron chi connectivity index (χ4n) is 3.03. The van der Waals surface area contributed by atoms with Gasteiger partial charge in [-0.3, -0.25) is 9.69 Å². The summed E-state index contributed by atoms with van der Waals surface area (Å²) in [6, 6.07) is 0. The molecule has 9 heteroatoms. The number of carbonyl (C=O) groups is 2. The van der Waals surface area contributed by atoms with Crippen molar-refractivity contribution in [2.24, 2.45) is 5.92 Å². The molecule has 1 amide bonds. The Morgan fingerprint density at radius 3 is 2.87 bits per heavy atom. The van der Waals surface area contributed by atoms with Gasteiger partial charge in [0.25, 0.3) is 0 Å². The lowest BCUT2D eigenvalue weighted by molar-refractivity contribution is -0.156. The van der Waals surface area contributed by atoms with E-state index in [0.717, 1.165) is 19.5 Å². The van der Waals surface area contributed by atoms with Gasteiger partial charge in [-0.25, -0.2) is 4.79 Å². The number of nitrogens with zero attached hydrogens (tertiary/aromatic N) is 1. The van der Waals surface area contributed by atoms with Crippen molar-refractivity contribution in [3.05, 3.63) is 9.93 Å². The Morgan fingerprint density at radius 2 is 2.22 bits per heavy atom. The molecule has 0 aromatic heterocycles. The van der Waals surface area contributed by atoms with Crippen LogP contribution >= 0.6 is 23.5 Å². The Hall–Kier alpha value is -0.740. The van der Waals surface area contributed by atoms with Crippen molar-refractivity contribution in [2.45, 2.75) is 43.2 Å². The van der Waals surface area contributed by atoms with Crippen LogP contribution in [0.5, 0.6) is 0 Å². The van der Waals surface area contributed by atoms with Gasteiger partial charge in [-0.15, -0.1) is 11.8 Å². The van der Waals surface area contributed by atoms with E-state index in [1.807, 2.05) is 0 Å². The number of carboxylic acids is 1. The lowest BCUT2D eigenvalue weighted by atomic mass is 9.92. The molecule has 3 aliphatic rings. The maximum atomic E-state index is 12.2. The van der Waals surface area contributed by atoms with Gasteiger partial charge in [0.05, 0.1) is 22.4 Å². The zero-order chi connectivity index (χ0) is 16.7. The predicted molar refractivity (Wildman–Crippen MR) is 89.5 cm³/mol. The van der Waals surface area contributed by atoms with Gasteiger partial charge in [-0.2, -0.15) is 0 Å². The maximum Gasteiger partial charge on any atom is 0.354 e. The highest BCUT2D eigenvalue weighted by Gasteiger charge is 2.57. The van der Waals surface area contributed by atoms with E-state index in [0.29, 0.717) is 4.24 Å². The molecule has 3 aliphatic heterocycles. The molecule has 0 spiro atoms. The molecule has 3 heterocycles. The Morgan fingerprint density at radius 1 is 1.48 bits per heavy atom. The van der Waals surface area contributed by atoms with Crippen molar-refractivity contribution in [3.63, 3.8) is 0 Å². The third kappa shape index (κ3) is 3.12. The van der Waals surface area contributed by atoms with E-state index >= 15 is 0 Å². The molecule has 0 radical (unpaired) electrons. The van der Waals surface area contributed by atoms with Gasteiger partial charge in [0.15, 0.2) is 5.70 Å². The van der Waals surface area contributed by atoms with Crippen LogP contribution in [-0.4, -0.2) is 63.0 Å². The zero-order valence-corrected chi connectivity index (χ0v) is 14.6. The second kappa shape index (κ2) is 6.64. The second-order valence-electron chi connectivity index (χ2n) is 6.04. The largest absolute Gasteiger partial charge is 0.477 e. The average molecular weight is 359 g/mol. The minimum atomic E-state index is -1.08. The highest BCUT2D eigenvalue weighted by atomic mass is 32.2. The first-order valence-electron chi connectivity index (χ1n) is 7.69. The van der Waals surface area contributed by atoms with Gasteiger partial charge in [0.1, 0.15) is 5.37 Å². The van der Waals surface area contributed by atoms with E-state index in [1.165, 1.54) is 28.4 Å². The number of aliphatic hydroxyl groups excluding tert-OH is 1. The Labute approximate surface area is 143 Å². The quantitative estimate of drug-likeness (QED) is 0.528. The summed E-state index contributed by atoms with van der Waals surface area (Å²) in [6.07, 6.45) is 0.406. The van der Waals surface area contributed by atoms with Crippen LogP contribution < -0.4 is 10.6 Å². The third-order valence-corrected chi connectivity index (χ3v) is 7.18. The molecule has 7 nitrogen and oxygen atoms in total. The second-order valence-corrected chi connectivity index (χ2v) is 8.73. The monoisotopic (exact) mass is 359 g/mol. The lowest BCUT2D eigenvalue weighted by Gasteiger charge is -2.43. The molecule has 4 unspecified atom stereocenters. The normalized spacial score (nSPS) is 35.6. The number of thioether (sulfide) groups is 2. The van der Waals surface area contributed by atoms with Crippen molar-refractivity contribution in [1.82, 2.24) is 15.5 Å². The van der Waals surface area contributed by atoms with E-state index in [1.54, 1.807) is 6.92 Å². The number of nitrogens with one attached hydrogen (secondary N) is 2. The fourth-order valence-corrected chi connectivity index (χ4v) is 6.29. The summed E-state index contributed by atoms with van der Waals surface area (Å²) in [6.45, 7) is 5.29. The van der Waals surface area contributed by atoms with E-state index in [9.17, 15) is 19.8 Å². The molecule has 2 fully saturated rings. The van der Waals surface area contributed by atoms with Crippen molar-refractivity contribution in [1.29, 1.82) is 0 Å². The number of amides is 1. The van der Waals surface area contributed by atoms with Crippen LogP contribution in [0, 0.1) is 5.92 Å². The average Bonchev–Trinajstić information content (AvgIpc) is 2.63. The molecule has 128 valence electrons. The van der Waals surface area contributed by atoms with Gasteiger partial charge >= 0.3 is 5.97 Å². The molecule has 0 aliphatic carbocycles. The maximum absolute atomic E-state index is 12.2. The van der Waals surface area contributed by atoms with Crippen LogP contribution in [0.25, 0.3) is 0 Å². The molecule has 0 aromatic rings. The summed E-state index contributed by atoms with van der Waals surface area (Å²) in [5.74, 6) is -1.88. The summed E-state index contributed by atoms with van der Waals surface area (Å²) in [5, 5.41) is 25.9. The van der Waals surface area contributed by atoms with Crippen LogP contribution in [0.1, 0.15) is 20.3 Å². The predicted octanol–water partition coefficient (Wildman–Crippen LogP) is 0.183. The number of carboxylic acid groups (broad SMARTS) is 1. The number of β-lactam (4-membered cyclic amide) rings is 1. The molecule has 4 N–H and O–H groups in total. The topological polar surface area (TPSA) is 102 Å². The van der Waals surface area contributed by atoms with Crippen LogP contribution in [0.3, 0.4) is 0 Å². The molecule has 0 saturated carbocycles. The zero-order valence-electron chi connectivity index (χ0n) is 13.0. The van der Waals surface area contributed by atoms with Crippen molar-refractivity contribution >= 4 is 35.4 Å². The third-order valence-electron chi connectivity index (χ3n) is 4.31. The van der Waals surface area contributed by atoms with Gasteiger partial charge < -0.3 is 20.8 Å². The highest BCUT2D eigenvalue weighted by molar-refractivity contribution is 8.23. The Bertz CT molecular complexity index is 554. The molecule has 0 aromatic carbocycles. The first-order valence-corrected chi connectivity index (χ1v) is 9.45. The summed E-state index contributed by atoms with van der Waals surface area (Å²) in [5.41, 5.74) is 0.0807. The SMILES string of the molecule is CC1NCCC(SC2=C(C(=O)O)N3C(=O)C(C(C)O)[C@H]3S2)CN1. The molecule has 5 atom stereocenters. The molecule has 3 rings (SSSR count). The summed E-state index contributed by atoms with van der Waals surface area (Å²) < 4.78 is 0.681.